The zero-order valence-electron chi connectivity index (χ0n) is 9.69. The Hall–Kier alpha value is -1.52. The van der Waals surface area contributed by atoms with Crippen LogP contribution >= 0.6 is 0 Å². The van der Waals surface area contributed by atoms with Gasteiger partial charge < -0.3 is 14.6 Å². The van der Waals surface area contributed by atoms with Crippen molar-refractivity contribution in [1.82, 2.24) is 9.97 Å². The molecule has 1 heterocycles. The molecule has 5 heteroatoms. The van der Waals surface area contributed by atoms with Crippen molar-refractivity contribution in [2.45, 2.75) is 19.8 Å². The first-order chi connectivity index (χ1) is 7.76. The van der Waals surface area contributed by atoms with Gasteiger partial charge in [-0.1, -0.05) is 0 Å². The first kappa shape index (κ1) is 11.0. The molecule has 1 saturated carbocycles. The quantitative estimate of drug-likeness (QED) is 0.809. The van der Waals surface area contributed by atoms with E-state index in [9.17, 15) is 4.79 Å². The Morgan fingerprint density at radius 2 is 2.38 bits per heavy atom. The summed E-state index contributed by atoms with van der Waals surface area (Å²) < 4.78 is 5.11. The fraction of sp³-hybridized carbons (Fsp3) is 0.636. The van der Waals surface area contributed by atoms with Gasteiger partial charge in [0.15, 0.2) is 5.82 Å². The number of rotatable bonds is 5. The Kier molecular flexibility index (Phi) is 3.12. The van der Waals surface area contributed by atoms with Gasteiger partial charge in [-0.15, -0.1) is 0 Å². The van der Waals surface area contributed by atoms with E-state index >= 15 is 0 Å². The molecule has 0 amide bonds. The number of hydrogen-bond donors (Lipinski definition) is 1. The Morgan fingerprint density at radius 1 is 1.62 bits per heavy atom. The van der Waals surface area contributed by atoms with E-state index in [2.05, 4.69) is 21.8 Å². The molecular weight excluding hydrogens is 206 g/mol. The van der Waals surface area contributed by atoms with Gasteiger partial charge in [0.1, 0.15) is 0 Å². The van der Waals surface area contributed by atoms with Crippen LogP contribution in [-0.4, -0.2) is 30.2 Å². The fourth-order valence-electron chi connectivity index (χ4n) is 1.76. The number of nitrogens with zero attached hydrogens (tertiary/aromatic N) is 2. The molecule has 0 spiro atoms. The van der Waals surface area contributed by atoms with E-state index in [0.29, 0.717) is 11.6 Å². The molecule has 1 fully saturated rings. The van der Waals surface area contributed by atoms with Gasteiger partial charge in [0.25, 0.3) is 5.56 Å². The topological polar surface area (TPSA) is 58.2 Å². The van der Waals surface area contributed by atoms with Crippen LogP contribution in [0.25, 0.3) is 0 Å². The highest BCUT2D eigenvalue weighted by molar-refractivity contribution is 5.50. The van der Waals surface area contributed by atoms with Crippen molar-refractivity contribution in [2.75, 3.05) is 25.1 Å². The summed E-state index contributed by atoms with van der Waals surface area (Å²) in [5.41, 5.74) is -0.221. The monoisotopic (exact) mass is 223 g/mol. The van der Waals surface area contributed by atoms with E-state index in [0.717, 1.165) is 19.0 Å². The molecule has 0 unspecified atom stereocenters. The summed E-state index contributed by atoms with van der Waals surface area (Å²) in [5, 5.41) is 0. The van der Waals surface area contributed by atoms with E-state index in [4.69, 9.17) is 4.74 Å². The van der Waals surface area contributed by atoms with E-state index in [1.54, 1.807) is 0 Å². The average Bonchev–Trinajstić information content (AvgIpc) is 3.09. The molecule has 0 atom stereocenters. The number of aromatic amines is 1. The van der Waals surface area contributed by atoms with Crippen molar-refractivity contribution >= 4 is 5.82 Å². The molecule has 1 aliphatic rings. The van der Waals surface area contributed by atoms with Crippen molar-refractivity contribution in [3.63, 3.8) is 0 Å². The van der Waals surface area contributed by atoms with Gasteiger partial charge >= 0.3 is 0 Å². The zero-order chi connectivity index (χ0) is 11.5. The molecule has 2 rings (SSSR count). The third kappa shape index (κ3) is 2.18. The molecule has 1 aromatic heterocycles. The lowest BCUT2D eigenvalue weighted by molar-refractivity contribution is 0.405. The van der Waals surface area contributed by atoms with E-state index in [-0.39, 0.29) is 5.56 Å². The van der Waals surface area contributed by atoms with Crippen molar-refractivity contribution in [1.29, 1.82) is 0 Å². The molecule has 0 saturated heterocycles. The Morgan fingerprint density at radius 3 is 2.94 bits per heavy atom. The number of hydrogen-bond acceptors (Lipinski definition) is 4. The predicted molar refractivity (Wildman–Crippen MR) is 62.0 cm³/mol. The summed E-state index contributed by atoms with van der Waals surface area (Å²) in [5.74, 6) is 1.72. The minimum atomic E-state index is -0.221. The normalized spacial score (nSPS) is 14.9. The molecule has 0 radical (unpaired) electrons. The van der Waals surface area contributed by atoms with Crippen molar-refractivity contribution in [2.24, 2.45) is 5.92 Å². The third-order valence-corrected chi connectivity index (χ3v) is 2.85. The minimum absolute atomic E-state index is 0.221. The summed E-state index contributed by atoms with van der Waals surface area (Å²) in [7, 11) is 1.50. The first-order valence-electron chi connectivity index (χ1n) is 5.62. The lowest BCUT2D eigenvalue weighted by Crippen LogP contribution is -2.28. The highest BCUT2D eigenvalue weighted by Crippen LogP contribution is 2.32. The second-order valence-electron chi connectivity index (χ2n) is 4.07. The van der Waals surface area contributed by atoms with E-state index < -0.39 is 0 Å². The summed E-state index contributed by atoms with van der Waals surface area (Å²) in [6.45, 7) is 3.86. The zero-order valence-corrected chi connectivity index (χ0v) is 9.69. The van der Waals surface area contributed by atoms with Crippen molar-refractivity contribution in [3.8, 4) is 5.75 Å². The van der Waals surface area contributed by atoms with Crippen molar-refractivity contribution in [3.05, 3.63) is 16.7 Å². The van der Waals surface area contributed by atoms with Crippen LogP contribution in [0.5, 0.6) is 5.75 Å². The maximum atomic E-state index is 11.5. The van der Waals surface area contributed by atoms with Gasteiger partial charge in [0, 0.05) is 13.1 Å². The number of aromatic nitrogens is 2. The molecule has 16 heavy (non-hydrogen) atoms. The first-order valence-corrected chi connectivity index (χ1v) is 5.62. The number of H-pyrrole nitrogens is 1. The van der Waals surface area contributed by atoms with Gasteiger partial charge in [-0.05, 0) is 25.7 Å². The van der Waals surface area contributed by atoms with E-state index in [1.165, 1.54) is 26.3 Å². The number of ether oxygens (including phenoxy) is 1. The average molecular weight is 223 g/mol. The van der Waals surface area contributed by atoms with Gasteiger partial charge in [-0.25, -0.2) is 4.98 Å². The second-order valence-corrected chi connectivity index (χ2v) is 4.07. The van der Waals surface area contributed by atoms with E-state index in [1.807, 2.05) is 0 Å². The lowest BCUT2D eigenvalue weighted by Gasteiger charge is -2.22. The fourth-order valence-corrected chi connectivity index (χ4v) is 1.76. The van der Waals surface area contributed by atoms with Crippen LogP contribution in [0, 0.1) is 5.92 Å². The number of nitrogens with one attached hydrogen (secondary N) is 1. The molecule has 1 aliphatic carbocycles. The number of anilines is 1. The Balaban J connectivity index is 2.28. The molecule has 0 aromatic carbocycles. The van der Waals surface area contributed by atoms with Crippen LogP contribution in [0.15, 0.2) is 11.1 Å². The molecule has 1 N–H and O–H groups in total. The second kappa shape index (κ2) is 4.55. The van der Waals surface area contributed by atoms with Gasteiger partial charge in [-0.2, -0.15) is 0 Å². The van der Waals surface area contributed by atoms with Gasteiger partial charge in [0.2, 0.25) is 5.75 Å². The Labute approximate surface area is 94.5 Å². The minimum Gasteiger partial charge on any atom is -0.489 e. The number of methoxy groups -OCH3 is 1. The lowest BCUT2D eigenvalue weighted by atomic mass is 10.3. The van der Waals surface area contributed by atoms with Crippen LogP contribution < -0.4 is 15.2 Å². The largest absolute Gasteiger partial charge is 0.489 e. The third-order valence-electron chi connectivity index (χ3n) is 2.85. The van der Waals surface area contributed by atoms with Crippen LogP contribution in [0.4, 0.5) is 5.82 Å². The summed E-state index contributed by atoms with van der Waals surface area (Å²) in [6.07, 6.45) is 3.99. The molecule has 88 valence electrons. The maximum absolute atomic E-state index is 11.5. The standard InChI is InChI=1S/C11H17N3O2/c1-3-14(6-8-4-5-8)10-9(16-2)11(15)13-7-12-10/h7-8H,3-6H2,1-2H3,(H,12,13,15). The summed E-state index contributed by atoms with van der Waals surface area (Å²) >= 11 is 0. The highest BCUT2D eigenvalue weighted by atomic mass is 16.5. The summed E-state index contributed by atoms with van der Waals surface area (Å²) in [6, 6.07) is 0. The van der Waals surface area contributed by atoms with Crippen LogP contribution in [-0.2, 0) is 0 Å². The van der Waals surface area contributed by atoms with Crippen LogP contribution in [0.3, 0.4) is 0 Å². The maximum Gasteiger partial charge on any atom is 0.295 e. The SMILES string of the molecule is CCN(CC1CC1)c1nc[nH]c(=O)c1OC. The van der Waals surface area contributed by atoms with Crippen LogP contribution in [0.2, 0.25) is 0 Å². The predicted octanol–water partition coefficient (Wildman–Crippen LogP) is 1.01. The Bertz CT molecular complexity index is 412. The van der Waals surface area contributed by atoms with Crippen LogP contribution in [0.1, 0.15) is 19.8 Å². The van der Waals surface area contributed by atoms with Gasteiger partial charge in [-0.3, -0.25) is 4.79 Å². The van der Waals surface area contributed by atoms with Gasteiger partial charge in [0.05, 0.1) is 13.4 Å². The molecule has 5 nitrogen and oxygen atoms in total. The molecular formula is C11H17N3O2. The molecule has 0 aliphatic heterocycles. The molecule has 0 bridgehead atoms. The highest BCUT2D eigenvalue weighted by Gasteiger charge is 2.26. The smallest absolute Gasteiger partial charge is 0.295 e. The summed E-state index contributed by atoms with van der Waals surface area (Å²) in [4.78, 5) is 20.4. The molecule has 1 aromatic rings. The van der Waals surface area contributed by atoms with Crippen molar-refractivity contribution < 1.29 is 4.74 Å².